The Labute approximate surface area is 129 Å². The molecule has 6 nitrogen and oxygen atoms in total. The fraction of sp³-hybridized carbons (Fsp3) is 0.438. The summed E-state index contributed by atoms with van der Waals surface area (Å²) in [6, 6.07) is 3.92. The lowest BCUT2D eigenvalue weighted by Crippen LogP contribution is -2.48. The standard InChI is InChI=1S/C16H19N5O/c22-16(19-15-6-12-3-5-20(9-12)11-15)21-10-14(8-18-21)13-2-1-4-17-7-13/h1-2,4,7-8,10,12,15H,3,5-6,9,11H2,(H,19,22)/t12-,15-/m1/s1. The number of hydrogen-bond donors (Lipinski definition) is 1. The van der Waals surface area contributed by atoms with Gasteiger partial charge in [-0.3, -0.25) is 4.98 Å². The van der Waals surface area contributed by atoms with E-state index in [2.05, 4.69) is 20.3 Å². The largest absolute Gasteiger partial charge is 0.342 e. The predicted octanol–water partition coefficient (Wildman–Crippen LogP) is 1.60. The Morgan fingerprint density at radius 3 is 3.05 bits per heavy atom. The third-order valence-corrected chi connectivity index (χ3v) is 4.58. The monoisotopic (exact) mass is 297 g/mol. The molecule has 2 aliphatic rings. The van der Waals surface area contributed by atoms with Crippen molar-refractivity contribution in [3.8, 4) is 11.1 Å². The molecule has 114 valence electrons. The van der Waals surface area contributed by atoms with E-state index in [0.717, 1.165) is 30.0 Å². The number of fused-ring (bicyclic) bond motifs is 2. The van der Waals surface area contributed by atoms with Crippen LogP contribution in [0.25, 0.3) is 11.1 Å². The van der Waals surface area contributed by atoms with Crippen molar-refractivity contribution >= 4 is 6.03 Å². The van der Waals surface area contributed by atoms with Crippen LogP contribution in [0.1, 0.15) is 12.8 Å². The van der Waals surface area contributed by atoms with Crippen LogP contribution in [0.2, 0.25) is 0 Å². The van der Waals surface area contributed by atoms with E-state index in [0.29, 0.717) is 0 Å². The van der Waals surface area contributed by atoms with Crippen molar-refractivity contribution < 1.29 is 4.79 Å². The minimum atomic E-state index is -0.150. The molecule has 0 spiro atoms. The number of nitrogens with one attached hydrogen (secondary N) is 1. The molecular formula is C16H19N5O. The molecule has 6 heteroatoms. The highest BCUT2D eigenvalue weighted by atomic mass is 16.2. The highest BCUT2D eigenvalue weighted by Gasteiger charge is 2.33. The summed E-state index contributed by atoms with van der Waals surface area (Å²) in [7, 11) is 0. The van der Waals surface area contributed by atoms with Gasteiger partial charge in [0.25, 0.3) is 0 Å². The van der Waals surface area contributed by atoms with Crippen LogP contribution in [0.4, 0.5) is 4.79 Å². The van der Waals surface area contributed by atoms with Gasteiger partial charge in [-0.05, 0) is 31.4 Å². The van der Waals surface area contributed by atoms with Gasteiger partial charge in [0.1, 0.15) is 0 Å². The lowest BCUT2D eigenvalue weighted by atomic mass is 9.97. The number of piperidine rings is 1. The van der Waals surface area contributed by atoms with Crippen LogP contribution >= 0.6 is 0 Å². The van der Waals surface area contributed by atoms with Crippen LogP contribution in [0, 0.1) is 5.92 Å². The van der Waals surface area contributed by atoms with E-state index in [1.54, 1.807) is 24.8 Å². The van der Waals surface area contributed by atoms with Crippen molar-refractivity contribution in [2.45, 2.75) is 18.9 Å². The van der Waals surface area contributed by atoms with Gasteiger partial charge < -0.3 is 10.2 Å². The summed E-state index contributed by atoms with van der Waals surface area (Å²) in [4.78, 5) is 18.9. The Kier molecular flexibility index (Phi) is 3.38. The van der Waals surface area contributed by atoms with E-state index in [-0.39, 0.29) is 12.1 Å². The third-order valence-electron chi connectivity index (χ3n) is 4.58. The smallest absolute Gasteiger partial charge is 0.332 e. The number of nitrogens with zero attached hydrogens (tertiary/aromatic N) is 4. The molecule has 3 atom stereocenters. The maximum atomic E-state index is 12.3. The molecule has 1 unspecified atom stereocenters. The van der Waals surface area contributed by atoms with Gasteiger partial charge in [-0.25, -0.2) is 4.79 Å². The minimum absolute atomic E-state index is 0.150. The summed E-state index contributed by atoms with van der Waals surface area (Å²) < 4.78 is 1.38. The number of hydrogen-bond acceptors (Lipinski definition) is 4. The molecule has 22 heavy (non-hydrogen) atoms. The Morgan fingerprint density at radius 2 is 2.23 bits per heavy atom. The molecule has 2 fully saturated rings. The molecule has 2 aromatic heterocycles. The summed E-state index contributed by atoms with van der Waals surface area (Å²) in [6.07, 6.45) is 9.30. The second-order valence-corrected chi connectivity index (χ2v) is 6.21. The second kappa shape index (κ2) is 5.53. The zero-order valence-electron chi connectivity index (χ0n) is 12.4. The molecule has 0 radical (unpaired) electrons. The van der Waals surface area contributed by atoms with Crippen LogP contribution in [-0.2, 0) is 0 Å². The maximum absolute atomic E-state index is 12.3. The first-order valence-electron chi connectivity index (χ1n) is 7.76. The number of rotatable bonds is 2. The average Bonchev–Trinajstić information content (AvgIpc) is 3.15. The number of amides is 1. The maximum Gasteiger partial charge on any atom is 0.342 e. The van der Waals surface area contributed by atoms with Crippen molar-refractivity contribution in [1.29, 1.82) is 0 Å². The van der Waals surface area contributed by atoms with Crippen molar-refractivity contribution in [2.75, 3.05) is 19.6 Å². The summed E-state index contributed by atoms with van der Waals surface area (Å²) in [5, 5.41) is 7.28. The van der Waals surface area contributed by atoms with Gasteiger partial charge in [-0.2, -0.15) is 9.78 Å². The third kappa shape index (κ3) is 2.62. The van der Waals surface area contributed by atoms with Gasteiger partial charge in [0, 0.05) is 48.8 Å². The van der Waals surface area contributed by atoms with Gasteiger partial charge in [-0.1, -0.05) is 6.07 Å². The quantitative estimate of drug-likeness (QED) is 0.914. The summed E-state index contributed by atoms with van der Waals surface area (Å²) >= 11 is 0. The zero-order chi connectivity index (χ0) is 14.9. The molecule has 0 saturated carbocycles. The number of carbonyl (C=O) groups is 1. The first kappa shape index (κ1) is 13.5. The Morgan fingerprint density at radius 1 is 1.27 bits per heavy atom. The predicted molar refractivity (Wildman–Crippen MR) is 82.3 cm³/mol. The van der Waals surface area contributed by atoms with Crippen molar-refractivity contribution in [3.63, 3.8) is 0 Å². The fourth-order valence-corrected chi connectivity index (χ4v) is 3.52. The number of aromatic nitrogens is 3. The van der Waals surface area contributed by atoms with Gasteiger partial charge in [0.2, 0.25) is 0 Å². The molecule has 0 aliphatic carbocycles. The van der Waals surface area contributed by atoms with Crippen molar-refractivity contribution in [2.24, 2.45) is 5.92 Å². The molecule has 4 heterocycles. The van der Waals surface area contributed by atoms with E-state index in [9.17, 15) is 4.79 Å². The van der Waals surface area contributed by atoms with Crippen LogP contribution in [0.3, 0.4) is 0 Å². The van der Waals surface area contributed by atoms with Gasteiger partial charge in [-0.15, -0.1) is 0 Å². The van der Waals surface area contributed by atoms with Crippen molar-refractivity contribution in [3.05, 3.63) is 36.9 Å². The normalized spacial score (nSPS) is 26.8. The molecule has 1 N–H and O–H groups in total. The minimum Gasteiger partial charge on any atom is -0.332 e. The Hall–Kier alpha value is -2.21. The zero-order valence-corrected chi connectivity index (χ0v) is 12.4. The summed E-state index contributed by atoms with van der Waals surface area (Å²) in [5.74, 6) is 0.739. The van der Waals surface area contributed by atoms with E-state index < -0.39 is 0 Å². The van der Waals surface area contributed by atoms with Crippen LogP contribution in [0.15, 0.2) is 36.9 Å². The molecule has 1 amide bonds. The van der Waals surface area contributed by atoms with Gasteiger partial charge in [0.05, 0.1) is 6.20 Å². The molecule has 2 saturated heterocycles. The molecule has 4 rings (SSSR count). The number of pyridine rings is 1. The topological polar surface area (TPSA) is 63.1 Å². The summed E-state index contributed by atoms with van der Waals surface area (Å²) in [6.45, 7) is 3.32. The first-order chi connectivity index (χ1) is 10.8. The van der Waals surface area contributed by atoms with E-state index in [4.69, 9.17) is 0 Å². The Balaban J connectivity index is 1.44. The molecule has 2 aliphatic heterocycles. The van der Waals surface area contributed by atoms with Crippen LogP contribution in [-0.4, -0.2) is 51.4 Å². The fourth-order valence-electron chi connectivity index (χ4n) is 3.52. The number of carbonyl (C=O) groups excluding carboxylic acids is 1. The van der Waals surface area contributed by atoms with E-state index >= 15 is 0 Å². The second-order valence-electron chi connectivity index (χ2n) is 6.21. The Bertz CT molecular complexity index is 656. The highest BCUT2D eigenvalue weighted by molar-refractivity contribution is 5.77. The first-order valence-corrected chi connectivity index (χ1v) is 7.76. The highest BCUT2D eigenvalue weighted by Crippen LogP contribution is 2.26. The van der Waals surface area contributed by atoms with Crippen molar-refractivity contribution in [1.82, 2.24) is 25.0 Å². The van der Waals surface area contributed by atoms with Crippen LogP contribution in [0.5, 0.6) is 0 Å². The van der Waals surface area contributed by atoms with Crippen LogP contribution < -0.4 is 5.32 Å². The average molecular weight is 297 g/mol. The molecule has 2 aromatic rings. The van der Waals surface area contributed by atoms with Gasteiger partial charge >= 0.3 is 6.03 Å². The van der Waals surface area contributed by atoms with E-state index in [1.807, 2.05) is 12.1 Å². The lowest BCUT2D eigenvalue weighted by Gasteiger charge is -2.30. The summed E-state index contributed by atoms with van der Waals surface area (Å²) in [5.41, 5.74) is 1.86. The lowest BCUT2D eigenvalue weighted by molar-refractivity contribution is 0.204. The molecular weight excluding hydrogens is 278 g/mol. The molecule has 0 aromatic carbocycles. The van der Waals surface area contributed by atoms with Gasteiger partial charge in [0.15, 0.2) is 0 Å². The SMILES string of the molecule is O=C(N[C@@H]1C[C@H]2CCN(C2)C1)n1cc(-c2cccnc2)cn1. The van der Waals surface area contributed by atoms with E-state index in [1.165, 1.54) is 24.2 Å². The molecule has 2 bridgehead atoms.